The third-order valence-electron chi connectivity index (χ3n) is 5.19. The number of carbonyl (C=O) groups excluding carboxylic acids is 1. The Bertz CT molecular complexity index is 738. The molecule has 2 aromatic carbocycles. The van der Waals surface area contributed by atoms with Gasteiger partial charge >= 0.3 is 0 Å². The molecule has 0 unspecified atom stereocenters. The van der Waals surface area contributed by atoms with E-state index >= 15 is 0 Å². The van der Waals surface area contributed by atoms with Crippen molar-refractivity contribution in [3.05, 3.63) is 65.2 Å². The van der Waals surface area contributed by atoms with Crippen LogP contribution in [0.3, 0.4) is 0 Å². The first kappa shape index (κ1) is 14.5. The van der Waals surface area contributed by atoms with Crippen LogP contribution in [0, 0.1) is 12.8 Å². The average Bonchev–Trinajstić information content (AvgIpc) is 2.56. The van der Waals surface area contributed by atoms with Gasteiger partial charge in [-0.15, -0.1) is 0 Å². The third kappa shape index (κ3) is 2.45. The fourth-order valence-corrected chi connectivity index (χ4v) is 4.16. The highest BCUT2D eigenvalue weighted by atomic mass is 16.6. The number of ketones is 1. The minimum absolute atomic E-state index is 0.00566. The molecular weight excluding hydrogens is 288 g/mol. The quantitative estimate of drug-likeness (QED) is 0.876. The molecule has 4 rings (SSSR count). The Kier molecular flexibility index (Phi) is 3.46. The second-order valence-corrected chi connectivity index (χ2v) is 6.70. The highest BCUT2D eigenvalue weighted by Gasteiger charge is 2.47. The molecule has 1 fully saturated rings. The summed E-state index contributed by atoms with van der Waals surface area (Å²) in [5.41, 5.74) is 3.32. The zero-order chi connectivity index (χ0) is 16.0. The number of hydrogen-bond acceptors (Lipinski definition) is 3. The standard InChI is InChI=1S/C20H20O3/c1-12-7-8-18-16(9-12)17-11-14(21)10-15(19(17)20(22)23-18)13-5-3-2-4-6-13/h2-9,15,17,19-20,22H,10-11H2,1H3/t15-,17+,19-,20+/m1/s1. The van der Waals surface area contributed by atoms with Crippen molar-refractivity contribution in [3.8, 4) is 5.75 Å². The van der Waals surface area contributed by atoms with Crippen LogP contribution in [-0.4, -0.2) is 17.2 Å². The first-order chi connectivity index (χ1) is 11.1. The van der Waals surface area contributed by atoms with E-state index in [1.807, 2.05) is 49.4 Å². The number of Topliss-reactive ketones (excluding diaryl/α,β-unsaturated/α-hetero) is 1. The Morgan fingerprint density at radius 1 is 1.04 bits per heavy atom. The average molecular weight is 308 g/mol. The highest BCUT2D eigenvalue weighted by Crippen LogP contribution is 2.51. The van der Waals surface area contributed by atoms with Crippen molar-refractivity contribution in [1.29, 1.82) is 0 Å². The third-order valence-corrected chi connectivity index (χ3v) is 5.19. The van der Waals surface area contributed by atoms with E-state index in [4.69, 9.17) is 4.74 Å². The summed E-state index contributed by atoms with van der Waals surface area (Å²) in [4.78, 5) is 12.4. The minimum atomic E-state index is -0.867. The number of hydrogen-bond donors (Lipinski definition) is 1. The van der Waals surface area contributed by atoms with Gasteiger partial charge in [-0.1, -0.05) is 48.0 Å². The predicted molar refractivity (Wildman–Crippen MR) is 87.5 cm³/mol. The van der Waals surface area contributed by atoms with Gasteiger partial charge in [-0.2, -0.15) is 0 Å². The van der Waals surface area contributed by atoms with Crippen molar-refractivity contribution >= 4 is 5.78 Å². The van der Waals surface area contributed by atoms with E-state index in [1.165, 1.54) is 0 Å². The van der Waals surface area contributed by atoms with Crippen LogP contribution >= 0.6 is 0 Å². The first-order valence-corrected chi connectivity index (χ1v) is 8.15. The smallest absolute Gasteiger partial charge is 0.201 e. The fourth-order valence-electron chi connectivity index (χ4n) is 4.16. The molecule has 1 saturated carbocycles. The summed E-state index contributed by atoms with van der Waals surface area (Å²) in [6.45, 7) is 2.04. The Labute approximate surface area is 135 Å². The summed E-state index contributed by atoms with van der Waals surface area (Å²) in [5.74, 6) is 0.933. The van der Waals surface area contributed by atoms with E-state index in [0.717, 1.165) is 16.7 Å². The van der Waals surface area contributed by atoms with Gasteiger partial charge in [0.2, 0.25) is 6.29 Å². The SMILES string of the molecule is Cc1ccc2c(c1)[C@@H]1CC(=O)C[C@H](c3ccccc3)[C@H]1[C@@H](O)O2. The van der Waals surface area contributed by atoms with Crippen LogP contribution in [0.1, 0.15) is 41.4 Å². The largest absolute Gasteiger partial charge is 0.465 e. The second kappa shape index (κ2) is 5.50. The van der Waals surface area contributed by atoms with Gasteiger partial charge in [0.1, 0.15) is 11.5 Å². The molecule has 1 aliphatic carbocycles. The Morgan fingerprint density at radius 2 is 1.78 bits per heavy atom. The van der Waals surface area contributed by atoms with Crippen LogP contribution in [0.15, 0.2) is 48.5 Å². The summed E-state index contributed by atoms with van der Waals surface area (Å²) in [7, 11) is 0. The van der Waals surface area contributed by atoms with E-state index in [1.54, 1.807) is 0 Å². The zero-order valence-corrected chi connectivity index (χ0v) is 13.1. The maximum Gasteiger partial charge on any atom is 0.201 e. The molecule has 0 spiro atoms. The topological polar surface area (TPSA) is 46.5 Å². The molecule has 2 aliphatic rings. The lowest BCUT2D eigenvalue weighted by Gasteiger charge is -2.44. The first-order valence-electron chi connectivity index (χ1n) is 8.15. The van der Waals surface area contributed by atoms with E-state index in [2.05, 4.69) is 6.07 Å². The number of fused-ring (bicyclic) bond motifs is 3. The molecule has 3 heteroatoms. The summed E-state index contributed by atoms with van der Waals surface area (Å²) < 4.78 is 5.79. The molecule has 1 N–H and O–H groups in total. The lowest BCUT2D eigenvalue weighted by molar-refractivity contribution is -0.131. The van der Waals surface area contributed by atoms with Gasteiger partial charge in [0.15, 0.2) is 0 Å². The zero-order valence-electron chi connectivity index (χ0n) is 13.1. The Morgan fingerprint density at radius 3 is 2.57 bits per heavy atom. The van der Waals surface area contributed by atoms with Gasteiger partial charge < -0.3 is 9.84 Å². The van der Waals surface area contributed by atoms with Crippen LogP contribution < -0.4 is 4.74 Å². The van der Waals surface area contributed by atoms with Crippen LogP contribution in [-0.2, 0) is 4.79 Å². The number of aryl methyl sites for hydroxylation is 1. The van der Waals surface area contributed by atoms with Crippen LogP contribution in [0.4, 0.5) is 0 Å². The van der Waals surface area contributed by atoms with Gasteiger partial charge in [-0.25, -0.2) is 0 Å². The number of aliphatic hydroxyl groups excluding tert-OH is 1. The Hall–Kier alpha value is -2.13. The molecule has 4 atom stereocenters. The molecule has 118 valence electrons. The van der Waals surface area contributed by atoms with Crippen molar-refractivity contribution in [3.63, 3.8) is 0 Å². The van der Waals surface area contributed by atoms with Gasteiger partial charge in [0, 0.05) is 30.6 Å². The van der Waals surface area contributed by atoms with Crippen molar-refractivity contribution < 1.29 is 14.6 Å². The monoisotopic (exact) mass is 308 g/mol. The molecule has 0 aromatic heterocycles. The predicted octanol–water partition coefficient (Wildman–Crippen LogP) is 3.55. The van der Waals surface area contributed by atoms with Crippen LogP contribution in [0.5, 0.6) is 5.75 Å². The fraction of sp³-hybridized carbons (Fsp3) is 0.350. The van der Waals surface area contributed by atoms with E-state index in [-0.39, 0.29) is 23.5 Å². The van der Waals surface area contributed by atoms with Crippen LogP contribution in [0.2, 0.25) is 0 Å². The molecule has 0 amide bonds. The number of ether oxygens (including phenoxy) is 1. The highest BCUT2D eigenvalue weighted by molar-refractivity contribution is 5.82. The van der Waals surface area contributed by atoms with Crippen LogP contribution in [0.25, 0.3) is 0 Å². The molecule has 2 aromatic rings. The maximum absolute atomic E-state index is 12.4. The summed E-state index contributed by atoms with van der Waals surface area (Å²) in [6, 6.07) is 16.0. The van der Waals surface area contributed by atoms with E-state index in [0.29, 0.717) is 18.6 Å². The molecule has 0 bridgehead atoms. The molecule has 0 radical (unpaired) electrons. The van der Waals surface area contributed by atoms with Gasteiger partial charge in [0.05, 0.1) is 0 Å². The molecule has 1 heterocycles. The van der Waals surface area contributed by atoms with Gasteiger partial charge in [-0.05, 0) is 24.1 Å². The Balaban J connectivity index is 1.80. The maximum atomic E-state index is 12.4. The summed E-state index contributed by atoms with van der Waals surface area (Å²) in [5, 5.41) is 10.6. The molecular formula is C20H20O3. The normalized spacial score (nSPS) is 29.4. The number of carbonyl (C=O) groups is 1. The summed E-state index contributed by atoms with van der Waals surface area (Å²) >= 11 is 0. The lowest BCUT2D eigenvalue weighted by atomic mass is 9.65. The second-order valence-electron chi connectivity index (χ2n) is 6.70. The minimum Gasteiger partial charge on any atom is -0.465 e. The number of benzene rings is 2. The van der Waals surface area contributed by atoms with Crippen molar-refractivity contribution in [2.24, 2.45) is 5.92 Å². The molecule has 3 nitrogen and oxygen atoms in total. The molecule has 23 heavy (non-hydrogen) atoms. The van der Waals surface area contributed by atoms with Gasteiger partial charge in [0.25, 0.3) is 0 Å². The molecule has 0 saturated heterocycles. The van der Waals surface area contributed by atoms with E-state index in [9.17, 15) is 9.90 Å². The lowest BCUT2D eigenvalue weighted by Crippen LogP contribution is -2.43. The van der Waals surface area contributed by atoms with Crippen molar-refractivity contribution in [2.75, 3.05) is 0 Å². The van der Waals surface area contributed by atoms with E-state index < -0.39 is 6.29 Å². The van der Waals surface area contributed by atoms with Gasteiger partial charge in [-0.3, -0.25) is 4.79 Å². The van der Waals surface area contributed by atoms with Crippen molar-refractivity contribution in [1.82, 2.24) is 0 Å². The van der Waals surface area contributed by atoms with Crippen molar-refractivity contribution in [2.45, 2.75) is 37.9 Å². The number of rotatable bonds is 1. The molecule has 1 aliphatic heterocycles. The summed E-state index contributed by atoms with van der Waals surface area (Å²) in [6.07, 6.45) is 0.103. The number of aliphatic hydroxyl groups is 1.